The van der Waals surface area contributed by atoms with E-state index >= 15 is 0 Å². The molecule has 2 aliphatic heterocycles. The molecule has 1 unspecified atom stereocenters. The summed E-state index contributed by atoms with van der Waals surface area (Å²) in [6, 6.07) is 4.55. The SMILES string of the molecule is Cl.Nc1cccnc1N1CCN2CCCC2C1. The van der Waals surface area contributed by atoms with Gasteiger partial charge in [-0.2, -0.15) is 0 Å². The van der Waals surface area contributed by atoms with Gasteiger partial charge in [0.1, 0.15) is 0 Å². The van der Waals surface area contributed by atoms with E-state index in [4.69, 9.17) is 5.73 Å². The number of pyridine rings is 1. The topological polar surface area (TPSA) is 45.4 Å². The number of rotatable bonds is 1. The van der Waals surface area contributed by atoms with Gasteiger partial charge in [0.2, 0.25) is 0 Å². The molecule has 0 bridgehead atoms. The fraction of sp³-hybridized carbons (Fsp3) is 0.583. The van der Waals surface area contributed by atoms with Gasteiger partial charge in [-0.1, -0.05) is 0 Å². The molecule has 3 rings (SSSR count). The van der Waals surface area contributed by atoms with Crippen molar-refractivity contribution in [2.45, 2.75) is 18.9 Å². The Morgan fingerprint density at radius 2 is 2.18 bits per heavy atom. The molecule has 5 heteroatoms. The van der Waals surface area contributed by atoms with Crippen molar-refractivity contribution in [2.24, 2.45) is 0 Å². The summed E-state index contributed by atoms with van der Waals surface area (Å²) in [5.41, 5.74) is 6.77. The summed E-state index contributed by atoms with van der Waals surface area (Å²) in [7, 11) is 0. The predicted octanol–water partition coefficient (Wildman–Crippen LogP) is 1.37. The van der Waals surface area contributed by atoms with Crippen LogP contribution in [0, 0.1) is 0 Å². The molecular formula is C12H19ClN4. The number of fused-ring (bicyclic) bond motifs is 1. The lowest BCUT2D eigenvalue weighted by molar-refractivity contribution is 0.230. The number of nitrogens with two attached hydrogens (primary N) is 1. The van der Waals surface area contributed by atoms with Crippen LogP contribution in [0.15, 0.2) is 18.3 Å². The number of nitrogens with zero attached hydrogens (tertiary/aromatic N) is 3. The summed E-state index contributed by atoms with van der Waals surface area (Å²) in [6.07, 6.45) is 4.49. The molecule has 0 amide bonds. The zero-order valence-electron chi connectivity index (χ0n) is 9.88. The monoisotopic (exact) mass is 254 g/mol. The third-order valence-electron chi connectivity index (χ3n) is 3.70. The largest absolute Gasteiger partial charge is 0.396 e. The summed E-state index contributed by atoms with van der Waals surface area (Å²) in [4.78, 5) is 9.33. The number of hydrogen-bond donors (Lipinski definition) is 1. The predicted molar refractivity (Wildman–Crippen MR) is 72.7 cm³/mol. The number of halogens is 1. The summed E-state index contributed by atoms with van der Waals surface area (Å²) in [5.74, 6) is 0.967. The van der Waals surface area contributed by atoms with Gasteiger partial charge < -0.3 is 10.6 Å². The first kappa shape index (κ1) is 12.5. The smallest absolute Gasteiger partial charge is 0.151 e. The van der Waals surface area contributed by atoms with E-state index in [1.807, 2.05) is 18.3 Å². The van der Waals surface area contributed by atoms with Gasteiger partial charge in [0, 0.05) is 31.9 Å². The Hall–Kier alpha value is -1.00. The molecule has 2 aliphatic rings. The molecular weight excluding hydrogens is 236 g/mol. The van der Waals surface area contributed by atoms with Crippen LogP contribution in [-0.4, -0.2) is 42.1 Å². The van der Waals surface area contributed by atoms with Crippen molar-refractivity contribution >= 4 is 23.9 Å². The molecule has 4 nitrogen and oxygen atoms in total. The van der Waals surface area contributed by atoms with Gasteiger partial charge in [-0.3, -0.25) is 4.90 Å². The Bertz CT molecular complexity index is 385. The molecule has 1 aromatic rings. The van der Waals surface area contributed by atoms with Crippen molar-refractivity contribution in [1.29, 1.82) is 0 Å². The first-order valence-corrected chi connectivity index (χ1v) is 6.04. The lowest BCUT2D eigenvalue weighted by Crippen LogP contribution is -2.50. The third kappa shape index (κ3) is 2.33. The molecule has 0 aromatic carbocycles. The molecule has 2 saturated heterocycles. The summed E-state index contributed by atoms with van der Waals surface area (Å²) in [6.45, 7) is 4.57. The first-order chi connectivity index (χ1) is 7.84. The van der Waals surface area contributed by atoms with E-state index < -0.39 is 0 Å². The van der Waals surface area contributed by atoms with Gasteiger partial charge in [-0.15, -0.1) is 12.4 Å². The van der Waals surface area contributed by atoms with Crippen LogP contribution in [0.2, 0.25) is 0 Å². The van der Waals surface area contributed by atoms with Gasteiger partial charge in [0.25, 0.3) is 0 Å². The standard InChI is InChI=1S/C12H18N4.ClH/c13-11-4-1-5-14-12(11)16-8-7-15-6-2-3-10(15)9-16;/h1,4-5,10H,2-3,6-9,13H2;1H. The summed E-state index contributed by atoms with van der Waals surface area (Å²) in [5, 5.41) is 0. The Morgan fingerprint density at radius 3 is 3.00 bits per heavy atom. The summed E-state index contributed by atoms with van der Waals surface area (Å²) >= 11 is 0. The maximum absolute atomic E-state index is 5.97. The molecule has 2 N–H and O–H groups in total. The highest BCUT2D eigenvalue weighted by Crippen LogP contribution is 2.26. The minimum Gasteiger partial charge on any atom is -0.396 e. The molecule has 1 aromatic heterocycles. The van der Waals surface area contributed by atoms with Crippen LogP contribution in [0.3, 0.4) is 0 Å². The molecule has 94 valence electrons. The van der Waals surface area contributed by atoms with Crippen molar-refractivity contribution < 1.29 is 0 Å². The number of anilines is 2. The lowest BCUT2D eigenvalue weighted by Gasteiger charge is -2.38. The molecule has 0 spiro atoms. The Morgan fingerprint density at radius 1 is 1.29 bits per heavy atom. The van der Waals surface area contributed by atoms with Crippen molar-refractivity contribution in [3.05, 3.63) is 18.3 Å². The second kappa shape index (κ2) is 5.10. The van der Waals surface area contributed by atoms with E-state index in [1.54, 1.807) is 0 Å². The Labute approximate surface area is 108 Å². The Kier molecular flexibility index (Phi) is 3.74. The number of piperazine rings is 1. The van der Waals surface area contributed by atoms with E-state index in [-0.39, 0.29) is 12.4 Å². The van der Waals surface area contributed by atoms with Gasteiger partial charge in [-0.05, 0) is 31.5 Å². The van der Waals surface area contributed by atoms with Crippen LogP contribution in [0.25, 0.3) is 0 Å². The highest BCUT2D eigenvalue weighted by molar-refractivity contribution is 5.85. The van der Waals surface area contributed by atoms with Crippen LogP contribution < -0.4 is 10.6 Å². The first-order valence-electron chi connectivity index (χ1n) is 6.04. The number of nitrogen functional groups attached to an aromatic ring is 1. The van der Waals surface area contributed by atoms with Crippen LogP contribution in [0.5, 0.6) is 0 Å². The normalized spacial score (nSPS) is 24.2. The number of aromatic nitrogens is 1. The molecule has 0 aliphatic carbocycles. The van der Waals surface area contributed by atoms with Crippen molar-refractivity contribution in [3.8, 4) is 0 Å². The highest BCUT2D eigenvalue weighted by Gasteiger charge is 2.31. The zero-order chi connectivity index (χ0) is 11.0. The fourth-order valence-electron chi connectivity index (χ4n) is 2.86. The molecule has 17 heavy (non-hydrogen) atoms. The van der Waals surface area contributed by atoms with Gasteiger partial charge in [0.05, 0.1) is 5.69 Å². The average molecular weight is 255 g/mol. The van der Waals surface area contributed by atoms with Gasteiger partial charge >= 0.3 is 0 Å². The fourth-order valence-corrected chi connectivity index (χ4v) is 2.86. The lowest BCUT2D eigenvalue weighted by atomic mass is 10.1. The highest BCUT2D eigenvalue weighted by atomic mass is 35.5. The molecule has 1 atom stereocenters. The van der Waals surface area contributed by atoms with Crippen molar-refractivity contribution in [2.75, 3.05) is 36.8 Å². The second-order valence-corrected chi connectivity index (χ2v) is 4.69. The molecule has 2 fully saturated rings. The maximum atomic E-state index is 5.97. The Balaban J connectivity index is 0.00000108. The van der Waals surface area contributed by atoms with Crippen LogP contribution in [0.1, 0.15) is 12.8 Å². The molecule has 0 saturated carbocycles. The van der Waals surface area contributed by atoms with E-state index in [0.29, 0.717) is 0 Å². The van der Waals surface area contributed by atoms with Gasteiger partial charge in [0.15, 0.2) is 5.82 Å². The van der Waals surface area contributed by atoms with E-state index in [0.717, 1.165) is 37.2 Å². The van der Waals surface area contributed by atoms with Crippen LogP contribution in [-0.2, 0) is 0 Å². The average Bonchev–Trinajstić information content (AvgIpc) is 2.76. The van der Waals surface area contributed by atoms with Crippen molar-refractivity contribution in [3.63, 3.8) is 0 Å². The third-order valence-corrected chi connectivity index (χ3v) is 3.70. The second-order valence-electron chi connectivity index (χ2n) is 4.69. The van der Waals surface area contributed by atoms with Crippen molar-refractivity contribution in [1.82, 2.24) is 9.88 Å². The van der Waals surface area contributed by atoms with Crippen LogP contribution in [0.4, 0.5) is 11.5 Å². The van der Waals surface area contributed by atoms with E-state index in [2.05, 4.69) is 14.8 Å². The van der Waals surface area contributed by atoms with E-state index in [1.165, 1.54) is 19.4 Å². The van der Waals surface area contributed by atoms with Gasteiger partial charge in [-0.25, -0.2) is 4.98 Å². The van der Waals surface area contributed by atoms with Crippen LogP contribution >= 0.6 is 12.4 Å². The maximum Gasteiger partial charge on any atom is 0.151 e. The molecule has 3 heterocycles. The minimum absolute atomic E-state index is 0. The minimum atomic E-state index is 0. The van der Waals surface area contributed by atoms with E-state index in [9.17, 15) is 0 Å². The quantitative estimate of drug-likeness (QED) is 0.822. The summed E-state index contributed by atoms with van der Waals surface area (Å²) < 4.78 is 0. The molecule has 0 radical (unpaired) electrons. The zero-order valence-corrected chi connectivity index (χ0v) is 10.7. The number of hydrogen-bond acceptors (Lipinski definition) is 4.